The van der Waals surface area contributed by atoms with Gasteiger partial charge in [-0.3, -0.25) is 4.79 Å². The van der Waals surface area contributed by atoms with Crippen LogP contribution in [0.15, 0.2) is 106 Å². The molecule has 0 atom stereocenters. The molecule has 6 aromatic rings. The second-order valence-corrected chi connectivity index (χ2v) is 9.51. The summed E-state index contributed by atoms with van der Waals surface area (Å²) in [5, 5.41) is 4.79. The zero-order chi connectivity index (χ0) is 24.6. The maximum absolute atomic E-state index is 13.0. The number of rotatable bonds is 4. The molecule has 5 nitrogen and oxygen atoms in total. The zero-order valence-corrected chi connectivity index (χ0v) is 20.1. The summed E-state index contributed by atoms with van der Waals surface area (Å²) in [6, 6.07) is 30.0. The van der Waals surface area contributed by atoms with Crippen molar-refractivity contribution >= 4 is 44.1 Å². The lowest BCUT2D eigenvalue weighted by molar-refractivity contribution is 0.102. The Morgan fingerprint density at radius 2 is 1.64 bits per heavy atom. The van der Waals surface area contributed by atoms with Crippen molar-refractivity contribution in [2.24, 2.45) is 0 Å². The molecule has 1 N–H and O–H groups in total. The van der Waals surface area contributed by atoms with Gasteiger partial charge in [0.05, 0.1) is 15.8 Å². The van der Waals surface area contributed by atoms with Crippen molar-refractivity contribution in [3.8, 4) is 21.7 Å². The molecule has 1 amide bonds. The minimum Gasteiger partial charge on any atom is -0.422 e. The first kappa shape index (κ1) is 21.9. The maximum Gasteiger partial charge on any atom is 0.344 e. The molecule has 0 aliphatic carbocycles. The highest BCUT2D eigenvalue weighted by atomic mass is 32.1. The molecule has 0 radical (unpaired) electrons. The molecule has 2 aromatic heterocycles. The van der Waals surface area contributed by atoms with Crippen molar-refractivity contribution in [2.75, 3.05) is 5.32 Å². The molecule has 4 aromatic carbocycles. The molecule has 0 fully saturated rings. The van der Waals surface area contributed by atoms with Crippen LogP contribution in [0.25, 0.3) is 42.9 Å². The largest absolute Gasteiger partial charge is 0.422 e. The molecule has 0 saturated heterocycles. The van der Waals surface area contributed by atoms with E-state index < -0.39 is 5.63 Å². The Kier molecular flexibility index (Phi) is 5.43. The molecule has 6 rings (SSSR count). The lowest BCUT2D eigenvalue weighted by Gasteiger charge is -2.12. The van der Waals surface area contributed by atoms with Crippen molar-refractivity contribution in [1.29, 1.82) is 0 Å². The summed E-state index contributed by atoms with van der Waals surface area (Å²) in [6.45, 7) is 1.99. The minimum atomic E-state index is -0.409. The number of para-hydroxylation sites is 2. The molecule has 0 unspecified atom stereocenters. The molecule has 0 saturated carbocycles. The van der Waals surface area contributed by atoms with E-state index in [2.05, 4.69) is 11.4 Å². The molecule has 0 spiro atoms. The first-order chi connectivity index (χ1) is 17.6. The van der Waals surface area contributed by atoms with Gasteiger partial charge >= 0.3 is 5.63 Å². The van der Waals surface area contributed by atoms with Gasteiger partial charge in [-0.25, -0.2) is 9.78 Å². The normalized spacial score (nSPS) is 11.1. The van der Waals surface area contributed by atoms with Crippen LogP contribution in [0.1, 0.15) is 15.9 Å². The second-order valence-electron chi connectivity index (χ2n) is 8.48. The number of benzene rings is 4. The van der Waals surface area contributed by atoms with Gasteiger partial charge in [-0.15, -0.1) is 11.3 Å². The van der Waals surface area contributed by atoms with Gasteiger partial charge in [-0.2, -0.15) is 0 Å². The SMILES string of the molecule is Cc1c(NC(=O)c2ccc(-c3cc4ccccc4oc3=O)cc2)cccc1-c1nc2ccccc2s1. The van der Waals surface area contributed by atoms with E-state index in [0.29, 0.717) is 22.3 Å². The predicted molar refractivity (Wildman–Crippen MR) is 146 cm³/mol. The molecule has 36 heavy (non-hydrogen) atoms. The van der Waals surface area contributed by atoms with Crippen molar-refractivity contribution in [3.63, 3.8) is 0 Å². The Hall–Kier alpha value is -4.55. The van der Waals surface area contributed by atoms with Crippen LogP contribution >= 0.6 is 11.3 Å². The summed E-state index contributed by atoms with van der Waals surface area (Å²) in [5.41, 5.74) is 5.43. The summed E-state index contributed by atoms with van der Waals surface area (Å²) >= 11 is 1.63. The fourth-order valence-corrected chi connectivity index (χ4v) is 5.30. The summed E-state index contributed by atoms with van der Waals surface area (Å²) < 4.78 is 6.57. The van der Waals surface area contributed by atoms with Crippen LogP contribution in [0.5, 0.6) is 0 Å². The number of nitrogens with one attached hydrogen (secondary N) is 1. The van der Waals surface area contributed by atoms with Crippen LogP contribution in [0.3, 0.4) is 0 Å². The Morgan fingerprint density at radius 3 is 2.47 bits per heavy atom. The van der Waals surface area contributed by atoms with Crippen molar-refractivity contribution < 1.29 is 9.21 Å². The monoisotopic (exact) mass is 488 g/mol. The number of amides is 1. The van der Waals surface area contributed by atoms with E-state index in [1.54, 1.807) is 41.7 Å². The number of carbonyl (C=O) groups is 1. The van der Waals surface area contributed by atoms with Crippen LogP contribution in [0.4, 0.5) is 5.69 Å². The Morgan fingerprint density at radius 1 is 0.861 bits per heavy atom. The van der Waals surface area contributed by atoms with Gasteiger partial charge in [0, 0.05) is 22.2 Å². The molecule has 0 aliphatic rings. The van der Waals surface area contributed by atoms with E-state index in [1.165, 1.54) is 0 Å². The number of fused-ring (bicyclic) bond motifs is 2. The number of carbonyl (C=O) groups excluding carboxylic acids is 1. The predicted octanol–water partition coefficient (Wildman–Crippen LogP) is 7.30. The number of nitrogens with zero attached hydrogens (tertiary/aromatic N) is 1. The van der Waals surface area contributed by atoms with Crippen LogP contribution in [0, 0.1) is 6.92 Å². The summed E-state index contributed by atoms with van der Waals surface area (Å²) in [7, 11) is 0. The van der Waals surface area contributed by atoms with Gasteiger partial charge in [0.25, 0.3) is 5.91 Å². The van der Waals surface area contributed by atoms with E-state index in [4.69, 9.17) is 9.40 Å². The quantitative estimate of drug-likeness (QED) is 0.264. The van der Waals surface area contributed by atoms with Gasteiger partial charge in [-0.1, -0.05) is 54.6 Å². The molecule has 6 heteroatoms. The third-order valence-electron chi connectivity index (χ3n) is 6.21. The van der Waals surface area contributed by atoms with Crippen molar-refractivity contribution in [2.45, 2.75) is 6.92 Å². The highest BCUT2D eigenvalue weighted by molar-refractivity contribution is 7.21. The van der Waals surface area contributed by atoms with E-state index in [-0.39, 0.29) is 5.91 Å². The highest BCUT2D eigenvalue weighted by Crippen LogP contribution is 2.34. The minimum absolute atomic E-state index is 0.225. The van der Waals surface area contributed by atoms with Crippen LogP contribution in [-0.4, -0.2) is 10.9 Å². The Bertz CT molecular complexity index is 1780. The average Bonchev–Trinajstić information content (AvgIpc) is 3.34. The van der Waals surface area contributed by atoms with Gasteiger partial charge in [0.2, 0.25) is 0 Å². The second kappa shape index (κ2) is 8.91. The first-order valence-corrected chi connectivity index (χ1v) is 12.3. The molecular formula is C30H20N2O3S. The maximum atomic E-state index is 13.0. The molecule has 174 valence electrons. The molecular weight excluding hydrogens is 468 g/mol. The van der Waals surface area contributed by atoms with Crippen LogP contribution in [-0.2, 0) is 0 Å². The summed E-state index contributed by atoms with van der Waals surface area (Å²) in [4.78, 5) is 30.3. The smallest absolute Gasteiger partial charge is 0.344 e. The summed E-state index contributed by atoms with van der Waals surface area (Å²) in [5.74, 6) is -0.225. The van der Waals surface area contributed by atoms with Gasteiger partial charge < -0.3 is 9.73 Å². The molecule has 0 aliphatic heterocycles. The summed E-state index contributed by atoms with van der Waals surface area (Å²) in [6.07, 6.45) is 0. The fraction of sp³-hybridized carbons (Fsp3) is 0.0333. The standard InChI is InChI=1S/C30H20N2O3S/c1-18-22(29-32-25-9-3-5-12-27(25)36-29)8-6-10-24(18)31-28(33)20-15-13-19(14-16-20)23-17-21-7-2-4-11-26(21)35-30(23)34/h2-17H,1H3,(H,31,33). The van der Waals surface area contributed by atoms with E-state index in [0.717, 1.165) is 37.4 Å². The van der Waals surface area contributed by atoms with E-state index in [9.17, 15) is 9.59 Å². The van der Waals surface area contributed by atoms with Crippen molar-refractivity contribution in [1.82, 2.24) is 4.98 Å². The average molecular weight is 489 g/mol. The third-order valence-corrected chi connectivity index (χ3v) is 7.28. The van der Waals surface area contributed by atoms with E-state index >= 15 is 0 Å². The first-order valence-electron chi connectivity index (χ1n) is 11.5. The zero-order valence-electron chi connectivity index (χ0n) is 19.3. The van der Waals surface area contributed by atoms with Gasteiger partial charge in [-0.05, 0) is 60.5 Å². The number of thiazole rings is 1. The lowest BCUT2D eigenvalue weighted by Crippen LogP contribution is -2.13. The van der Waals surface area contributed by atoms with E-state index in [1.807, 2.05) is 67.6 Å². The number of anilines is 1. The van der Waals surface area contributed by atoms with Gasteiger partial charge in [0.1, 0.15) is 10.6 Å². The number of aromatic nitrogens is 1. The van der Waals surface area contributed by atoms with Crippen LogP contribution < -0.4 is 10.9 Å². The highest BCUT2D eigenvalue weighted by Gasteiger charge is 2.14. The Labute approximate surface area is 210 Å². The van der Waals surface area contributed by atoms with Crippen LogP contribution in [0.2, 0.25) is 0 Å². The number of hydrogen-bond donors (Lipinski definition) is 1. The molecule has 0 bridgehead atoms. The third kappa shape index (κ3) is 3.97. The molecule has 2 heterocycles. The van der Waals surface area contributed by atoms with Crippen molar-refractivity contribution in [3.05, 3.63) is 119 Å². The van der Waals surface area contributed by atoms with Gasteiger partial charge in [0.15, 0.2) is 0 Å². The fourth-order valence-electron chi connectivity index (χ4n) is 4.25. The number of hydrogen-bond acceptors (Lipinski definition) is 5. The topological polar surface area (TPSA) is 72.2 Å². The lowest BCUT2D eigenvalue weighted by atomic mass is 10.0. The Balaban J connectivity index is 1.26.